The zero-order chi connectivity index (χ0) is 22.2. The summed E-state index contributed by atoms with van der Waals surface area (Å²) in [5.41, 5.74) is 3.45. The molecule has 0 fully saturated rings. The van der Waals surface area contributed by atoms with E-state index in [1.54, 1.807) is 33.8 Å². The Kier molecular flexibility index (Phi) is 5.01. The summed E-state index contributed by atoms with van der Waals surface area (Å²) in [6.07, 6.45) is 0.742. The van der Waals surface area contributed by atoms with Crippen LogP contribution in [0.5, 0.6) is 0 Å². The summed E-state index contributed by atoms with van der Waals surface area (Å²) < 4.78 is 34.2. The summed E-state index contributed by atoms with van der Waals surface area (Å²) in [7, 11) is 1.83. The molecule has 0 saturated carbocycles. The van der Waals surface area contributed by atoms with Crippen molar-refractivity contribution >= 4 is 5.91 Å². The molecule has 0 aliphatic carbocycles. The summed E-state index contributed by atoms with van der Waals surface area (Å²) in [4.78, 5) is 19.0. The molecule has 162 valence electrons. The first-order valence-corrected chi connectivity index (χ1v) is 10.1. The van der Waals surface area contributed by atoms with E-state index in [9.17, 15) is 13.6 Å². The minimum absolute atomic E-state index is 0.0953. The van der Waals surface area contributed by atoms with Gasteiger partial charge in [0.1, 0.15) is 11.6 Å². The normalized spacial score (nSPS) is 13.3. The molecule has 0 atom stereocenters. The molecule has 0 N–H and O–H groups in total. The lowest BCUT2D eigenvalue weighted by Crippen LogP contribution is -2.37. The summed E-state index contributed by atoms with van der Waals surface area (Å²) in [5.74, 6) is -0.385. The number of benzene rings is 2. The van der Waals surface area contributed by atoms with E-state index in [-0.39, 0.29) is 29.9 Å². The third-order valence-corrected chi connectivity index (χ3v) is 5.55. The van der Waals surface area contributed by atoms with Crippen molar-refractivity contribution in [1.82, 2.24) is 24.8 Å². The van der Waals surface area contributed by atoms with Crippen LogP contribution in [0.4, 0.5) is 8.78 Å². The fraction of sp³-hybridized carbons (Fsp3) is 0.217. The highest BCUT2D eigenvalue weighted by atomic mass is 19.1. The molecule has 7 nitrogen and oxygen atoms in total. The Morgan fingerprint density at radius 2 is 1.91 bits per heavy atom. The van der Waals surface area contributed by atoms with Crippen molar-refractivity contribution in [2.24, 2.45) is 7.05 Å². The maximum atomic E-state index is 13.5. The zero-order valence-electron chi connectivity index (χ0n) is 17.3. The third kappa shape index (κ3) is 3.77. The molecule has 0 unspecified atom stereocenters. The number of carbonyl (C=O) groups excluding carboxylic acids is 1. The van der Waals surface area contributed by atoms with E-state index in [2.05, 4.69) is 15.2 Å². The summed E-state index contributed by atoms with van der Waals surface area (Å²) in [6, 6.07) is 12.0. The predicted octanol–water partition coefficient (Wildman–Crippen LogP) is 3.54. The van der Waals surface area contributed by atoms with E-state index in [0.29, 0.717) is 36.3 Å². The molecule has 1 amide bonds. The maximum absolute atomic E-state index is 13.5. The molecule has 4 aromatic rings. The highest BCUT2D eigenvalue weighted by Crippen LogP contribution is 2.30. The van der Waals surface area contributed by atoms with E-state index in [1.165, 1.54) is 24.3 Å². The van der Waals surface area contributed by atoms with Crippen molar-refractivity contribution < 1.29 is 18.1 Å². The second kappa shape index (κ2) is 7.99. The molecule has 0 radical (unpaired) electrons. The minimum atomic E-state index is -0.392. The molecule has 1 aliphatic heterocycles. The smallest absolute Gasteiger partial charge is 0.279 e. The van der Waals surface area contributed by atoms with Crippen molar-refractivity contribution in [2.75, 3.05) is 6.54 Å². The fourth-order valence-electron chi connectivity index (χ4n) is 3.97. The van der Waals surface area contributed by atoms with Crippen LogP contribution >= 0.6 is 0 Å². The van der Waals surface area contributed by atoms with E-state index in [1.807, 2.05) is 7.05 Å². The van der Waals surface area contributed by atoms with E-state index < -0.39 is 5.82 Å². The SMILES string of the molecule is Cn1nc(-c2nc(-c3cccc(F)c3)no2)c2c1CCN(C(=O)Cc1cccc(F)c1)C2. The Morgan fingerprint density at radius 1 is 1.12 bits per heavy atom. The Labute approximate surface area is 182 Å². The van der Waals surface area contributed by atoms with Crippen molar-refractivity contribution in [3.63, 3.8) is 0 Å². The average molecular weight is 435 g/mol. The van der Waals surface area contributed by atoms with Gasteiger partial charge >= 0.3 is 0 Å². The molecule has 5 rings (SSSR count). The molecule has 9 heteroatoms. The quantitative estimate of drug-likeness (QED) is 0.490. The minimum Gasteiger partial charge on any atom is -0.338 e. The van der Waals surface area contributed by atoms with Gasteiger partial charge in [-0.05, 0) is 29.8 Å². The number of aryl methyl sites for hydroxylation is 1. The molecule has 0 saturated heterocycles. The standard InChI is InChI=1S/C23H19F2N5O2/c1-29-19-8-9-30(20(31)11-14-4-2-6-16(24)10-14)13-18(19)21(27-29)23-26-22(28-32-23)15-5-3-7-17(25)12-15/h2-7,10,12H,8-9,11,13H2,1H3. The van der Waals surface area contributed by atoms with Gasteiger partial charge < -0.3 is 9.42 Å². The topological polar surface area (TPSA) is 77.1 Å². The summed E-state index contributed by atoms with van der Waals surface area (Å²) >= 11 is 0. The maximum Gasteiger partial charge on any atom is 0.279 e. The monoisotopic (exact) mass is 435 g/mol. The number of carbonyl (C=O) groups is 1. The van der Waals surface area contributed by atoms with Gasteiger partial charge in [0.2, 0.25) is 11.7 Å². The lowest BCUT2D eigenvalue weighted by atomic mass is 10.0. The lowest BCUT2D eigenvalue weighted by molar-refractivity contribution is -0.131. The second-order valence-corrected chi connectivity index (χ2v) is 7.70. The lowest BCUT2D eigenvalue weighted by Gasteiger charge is -2.27. The first-order valence-electron chi connectivity index (χ1n) is 10.1. The van der Waals surface area contributed by atoms with Gasteiger partial charge in [0.15, 0.2) is 5.69 Å². The third-order valence-electron chi connectivity index (χ3n) is 5.55. The van der Waals surface area contributed by atoms with Gasteiger partial charge in [0.05, 0.1) is 6.42 Å². The summed E-state index contributed by atoms with van der Waals surface area (Å²) in [5, 5.41) is 8.50. The van der Waals surface area contributed by atoms with E-state index in [0.717, 1.165) is 11.3 Å². The molecule has 32 heavy (non-hydrogen) atoms. The van der Waals surface area contributed by atoms with Gasteiger partial charge in [0, 0.05) is 43.4 Å². The molecular formula is C23H19F2N5O2. The first kappa shape index (κ1) is 20.0. The van der Waals surface area contributed by atoms with Crippen LogP contribution in [-0.2, 0) is 31.2 Å². The van der Waals surface area contributed by atoms with Crippen molar-refractivity contribution in [3.05, 3.63) is 77.0 Å². The molecule has 0 spiro atoms. The number of hydrogen-bond acceptors (Lipinski definition) is 5. The number of aromatic nitrogens is 4. The van der Waals surface area contributed by atoms with E-state index in [4.69, 9.17) is 4.52 Å². The van der Waals surface area contributed by atoms with Crippen molar-refractivity contribution in [1.29, 1.82) is 0 Å². The number of halogens is 2. The first-order chi connectivity index (χ1) is 15.5. The van der Waals surface area contributed by atoms with Crippen LogP contribution in [0.1, 0.15) is 16.8 Å². The molecular weight excluding hydrogens is 416 g/mol. The second-order valence-electron chi connectivity index (χ2n) is 7.70. The Morgan fingerprint density at radius 3 is 2.69 bits per heavy atom. The van der Waals surface area contributed by atoms with Crippen molar-refractivity contribution in [3.8, 4) is 23.0 Å². The molecule has 2 aromatic heterocycles. The molecule has 2 aromatic carbocycles. The van der Waals surface area contributed by atoms with Crippen LogP contribution in [0.25, 0.3) is 23.0 Å². The summed E-state index contributed by atoms with van der Waals surface area (Å²) in [6.45, 7) is 0.878. The highest BCUT2D eigenvalue weighted by Gasteiger charge is 2.29. The predicted molar refractivity (Wildman–Crippen MR) is 111 cm³/mol. The highest BCUT2D eigenvalue weighted by molar-refractivity contribution is 5.79. The Bertz CT molecular complexity index is 1310. The number of amides is 1. The van der Waals surface area contributed by atoms with Gasteiger partial charge in [-0.3, -0.25) is 9.48 Å². The van der Waals surface area contributed by atoms with Gasteiger partial charge in [-0.1, -0.05) is 29.4 Å². The zero-order valence-corrected chi connectivity index (χ0v) is 17.3. The van der Waals surface area contributed by atoms with Crippen LogP contribution in [0.15, 0.2) is 53.1 Å². The van der Waals surface area contributed by atoms with Gasteiger partial charge in [0.25, 0.3) is 5.89 Å². The number of fused-ring (bicyclic) bond motifs is 1. The molecule has 1 aliphatic rings. The molecule has 3 heterocycles. The van der Waals surface area contributed by atoms with Crippen LogP contribution < -0.4 is 0 Å². The Balaban J connectivity index is 1.41. The van der Waals surface area contributed by atoms with Gasteiger partial charge in [-0.15, -0.1) is 0 Å². The van der Waals surface area contributed by atoms with Crippen molar-refractivity contribution in [2.45, 2.75) is 19.4 Å². The van der Waals surface area contributed by atoms with Crippen LogP contribution in [0.3, 0.4) is 0 Å². The van der Waals surface area contributed by atoms with Crippen LogP contribution in [-0.4, -0.2) is 37.3 Å². The van der Waals surface area contributed by atoms with Gasteiger partial charge in [-0.2, -0.15) is 10.1 Å². The van der Waals surface area contributed by atoms with Crippen LogP contribution in [0.2, 0.25) is 0 Å². The number of nitrogens with zero attached hydrogens (tertiary/aromatic N) is 5. The number of rotatable bonds is 4. The average Bonchev–Trinajstić information content (AvgIpc) is 3.38. The van der Waals surface area contributed by atoms with Gasteiger partial charge in [-0.25, -0.2) is 8.78 Å². The number of hydrogen-bond donors (Lipinski definition) is 0. The fourth-order valence-corrected chi connectivity index (χ4v) is 3.97. The van der Waals surface area contributed by atoms with Crippen LogP contribution in [0, 0.1) is 11.6 Å². The van der Waals surface area contributed by atoms with E-state index >= 15 is 0 Å². The molecule has 0 bridgehead atoms. The largest absolute Gasteiger partial charge is 0.338 e. The Hall–Kier alpha value is -3.88.